The summed E-state index contributed by atoms with van der Waals surface area (Å²) in [5.41, 5.74) is 0. The standard InChI is InChI=1S/C9H12F3NO/c10-9(11,12)5-13-4-6-1-2-7(13)3-8(6)14/h6-7H,1-5H2. The Hall–Kier alpha value is -0.580. The Labute approximate surface area is 80.1 Å². The molecule has 3 fully saturated rings. The van der Waals surface area contributed by atoms with Gasteiger partial charge in [0.2, 0.25) is 0 Å². The zero-order valence-electron chi connectivity index (χ0n) is 7.68. The van der Waals surface area contributed by atoms with E-state index in [2.05, 4.69) is 0 Å². The highest BCUT2D eigenvalue weighted by Crippen LogP contribution is 2.34. The number of hydrogen-bond donors (Lipinski definition) is 0. The minimum atomic E-state index is -4.14. The fourth-order valence-electron chi connectivity index (χ4n) is 2.42. The van der Waals surface area contributed by atoms with Crippen molar-refractivity contribution in [1.29, 1.82) is 0 Å². The zero-order valence-corrected chi connectivity index (χ0v) is 7.68. The van der Waals surface area contributed by atoms with Crippen molar-refractivity contribution >= 4 is 5.78 Å². The van der Waals surface area contributed by atoms with Gasteiger partial charge in [-0.2, -0.15) is 13.2 Å². The number of piperidine rings is 2. The van der Waals surface area contributed by atoms with Crippen molar-refractivity contribution in [3.8, 4) is 0 Å². The van der Waals surface area contributed by atoms with Crippen molar-refractivity contribution in [2.45, 2.75) is 31.5 Å². The summed E-state index contributed by atoms with van der Waals surface area (Å²) >= 11 is 0. The molecule has 1 saturated carbocycles. The Bertz CT molecular complexity index is 251. The molecule has 0 N–H and O–H groups in total. The lowest BCUT2D eigenvalue weighted by molar-refractivity contribution is -0.165. The van der Waals surface area contributed by atoms with Gasteiger partial charge in [0.05, 0.1) is 6.54 Å². The van der Waals surface area contributed by atoms with Crippen molar-refractivity contribution in [3.63, 3.8) is 0 Å². The van der Waals surface area contributed by atoms with E-state index >= 15 is 0 Å². The number of rotatable bonds is 1. The smallest absolute Gasteiger partial charge is 0.299 e. The molecule has 0 amide bonds. The number of nitrogens with zero attached hydrogens (tertiary/aromatic N) is 1. The number of fused-ring (bicyclic) bond motifs is 3. The normalized spacial score (nSPS) is 33.8. The molecule has 0 aromatic heterocycles. The summed E-state index contributed by atoms with van der Waals surface area (Å²) in [4.78, 5) is 12.7. The summed E-state index contributed by atoms with van der Waals surface area (Å²) in [6, 6.07) is -0.158. The molecule has 2 nitrogen and oxygen atoms in total. The Morgan fingerprint density at radius 1 is 1.36 bits per heavy atom. The number of alkyl halides is 3. The van der Waals surface area contributed by atoms with Gasteiger partial charge in [-0.3, -0.25) is 9.69 Å². The molecule has 0 spiro atoms. The zero-order chi connectivity index (χ0) is 10.3. The van der Waals surface area contributed by atoms with E-state index in [0.29, 0.717) is 13.0 Å². The lowest BCUT2D eigenvalue weighted by Gasteiger charge is -2.44. The maximum Gasteiger partial charge on any atom is 0.401 e. The number of ketones is 1. The molecule has 2 bridgehead atoms. The highest BCUT2D eigenvalue weighted by Gasteiger charge is 2.43. The van der Waals surface area contributed by atoms with E-state index < -0.39 is 12.7 Å². The summed E-state index contributed by atoms with van der Waals surface area (Å²) in [7, 11) is 0. The molecule has 14 heavy (non-hydrogen) atoms. The molecular formula is C9H12F3NO. The van der Waals surface area contributed by atoms with Crippen LogP contribution in [-0.2, 0) is 4.79 Å². The maximum absolute atomic E-state index is 12.1. The highest BCUT2D eigenvalue weighted by molar-refractivity contribution is 5.83. The van der Waals surface area contributed by atoms with Crippen molar-refractivity contribution < 1.29 is 18.0 Å². The lowest BCUT2D eigenvalue weighted by atomic mass is 9.79. The number of carbonyl (C=O) groups is 1. The van der Waals surface area contributed by atoms with Crippen LogP contribution in [0.3, 0.4) is 0 Å². The topological polar surface area (TPSA) is 20.3 Å². The lowest BCUT2D eigenvalue weighted by Crippen LogP contribution is -2.54. The van der Waals surface area contributed by atoms with Crippen LogP contribution >= 0.6 is 0 Å². The molecule has 2 saturated heterocycles. The minimum absolute atomic E-state index is 0.137. The fraction of sp³-hybridized carbons (Fsp3) is 0.889. The highest BCUT2D eigenvalue weighted by atomic mass is 19.4. The summed E-state index contributed by atoms with van der Waals surface area (Å²) in [6.45, 7) is -0.551. The van der Waals surface area contributed by atoms with Gasteiger partial charge in [0.25, 0.3) is 0 Å². The summed E-state index contributed by atoms with van der Waals surface area (Å²) in [6.07, 6.45) is -2.30. The first-order chi connectivity index (χ1) is 6.46. The largest absolute Gasteiger partial charge is 0.401 e. The fourth-order valence-corrected chi connectivity index (χ4v) is 2.42. The molecular weight excluding hydrogens is 195 g/mol. The first-order valence-corrected chi connectivity index (χ1v) is 4.79. The molecule has 0 aromatic carbocycles. The molecule has 2 unspecified atom stereocenters. The minimum Gasteiger partial charge on any atom is -0.299 e. The number of Topliss-reactive ketones (excluding diaryl/α,β-unsaturated/α-hetero) is 1. The van der Waals surface area contributed by atoms with Crippen LogP contribution in [-0.4, -0.2) is 36.0 Å². The van der Waals surface area contributed by atoms with Gasteiger partial charge >= 0.3 is 6.18 Å². The van der Waals surface area contributed by atoms with Gasteiger partial charge in [-0.05, 0) is 12.8 Å². The molecule has 5 heteroatoms. The summed E-state index contributed by atoms with van der Waals surface area (Å²) in [5, 5.41) is 0. The second-order valence-electron chi connectivity index (χ2n) is 4.14. The van der Waals surface area contributed by atoms with E-state index in [1.807, 2.05) is 0 Å². The third kappa shape index (κ3) is 1.92. The monoisotopic (exact) mass is 207 g/mol. The van der Waals surface area contributed by atoms with Crippen molar-refractivity contribution in [1.82, 2.24) is 4.90 Å². The second kappa shape index (κ2) is 3.22. The molecule has 2 atom stereocenters. The van der Waals surface area contributed by atoms with Gasteiger partial charge < -0.3 is 0 Å². The van der Waals surface area contributed by atoms with E-state index in [0.717, 1.165) is 12.8 Å². The van der Waals surface area contributed by atoms with Crippen LogP contribution in [0.4, 0.5) is 13.2 Å². The van der Waals surface area contributed by atoms with Crippen molar-refractivity contribution in [2.24, 2.45) is 5.92 Å². The van der Waals surface area contributed by atoms with Crippen LogP contribution in [0.2, 0.25) is 0 Å². The Morgan fingerprint density at radius 3 is 2.50 bits per heavy atom. The van der Waals surface area contributed by atoms with E-state index in [1.54, 1.807) is 0 Å². The van der Waals surface area contributed by atoms with Gasteiger partial charge in [0, 0.05) is 24.9 Å². The molecule has 2 heterocycles. The van der Waals surface area contributed by atoms with Crippen LogP contribution in [0, 0.1) is 5.92 Å². The Morgan fingerprint density at radius 2 is 2.07 bits per heavy atom. The number of halogens is 3. The van der Waals surface area contributed by atoms with Crippen LogP contribution < -0.4 is 0 Å². The molecule has 80 valence electrons. The van der Waals surface area contributed by atoms with E-state index in [1.165, 1.54) is 4.90 Å². The van der Waals surface area contributed by atoms with Crippen LogP contribution in [0.25, 0.3) is 0 Å². The van der Waals surface area contributed by atoms with Gasteiger partial charge in [0.15, 0.2) is 0 Å². The Kier molecular flexibility index (Phi) is 2.29. The van der Waals surface area contributed by atoms with Crippen LogP contribution in [0.1, 0.15) is 19.3 Å². The number of hydrogen-bond acceptors (Lipinski definition) is 2. The van der Waals surface area contributed by atoms with Gasteiger partial charge in [-0.1, -0.05) is 0 Å². The molecule has 1 aliphatic carbocycles. The van der Waals surface area contributed by atoms with E-state index in [4.69, 9.17) is 0 Å². The number of carbonyl (C=O) groups excluding carboxylic acids is 1. The van der Waals surface area contributed by atoms with Crippen LogP contribution in [0.15, 0.2) is 0 Å². The molecule has 0 aromatic rings. The summed E-state index contributed by atoms with van der Waals surface area (Å²) < 4.78 is 36.4. The SMILES string of the molecule is O=C1CC2CCC1CN2CC(F)(F)F. The second-order valence-corrected chi connectivity index (χ2v) is 4.14. The van der Waals surface area contributed by atoms with Gasteiger partial charge in [0.1, 0.15) is 5.78 Å². The van der Waals surface area contributed by atoms with E-state index in [9.17, 15) is 18.0 Å². The predicted molar refractivity (Wildman–Crippen MR) is 43.8 cm³/mol. The Balaban J connectivity index is 2.00. The van der Waals surface area contributed by atoms with Crippen molar-refractivity contribution in [3.05, 3.63) is 0 Å². The van der Waals surface area contributed by atoms with Gasteiger partial charge in [-0.15, -0.1) is 0 Å². The average molecular weight is 207 g/mol. The molecule has 2 aliphatic heterocycles. The third-order valence-corrected chi connectivity index (χ3v) is 3.09. The molecule has 0 radical (unpaired) electrons. The van der Waals surface area contributed by atoms with Gasteiger partial charge in [-0.25, -0.2) is 0 Å². The first-order valence-electron chi connectivity index (χ1n) is 4.79. The van der Waals surface area contributed by atoms with E-state index in [-0.39, 0.29) is 17.7 Å². The van der Waals surface area contributed by atoms with Crippen molar-refractivity contribution in [2.75, 3.05) is 13.1 Å². The van der Waals surface area contributed by atoms with Crippen LogP contribution in [0.5, 0.6) is 0 Å². The quantitative estimate of drug-likeness (QED) is 0.651. The maximum atomic E-state index is 12.1. The third-order valence-electron chi connectivity index (χ3n) is 3.09. The summed E-state index contributed by atoms with van der Waals surface area (Å²) in [5.74, 6) is 0.0158. The average Bonchev–Trinajstić information content (AvgIpc) is 2.04. The molecule has 3 rings (SSSR count). The first kappa shape index (κ1) is 9.96. The molecule has 3 aliphatic rings. The predicted octanol–water partition coefficient (Wildman–Crippen LogP) is 1.60.